The van der Waals surface area contributed by atoms with Gasteiger partial charge in [0.25, 0.3) is 0 Å². The van der Waals surface area contributed by atoms with Crippen LogP contribution in [0.5, 0.6) is 0 Å². The first-order valence-corrected chi connectivity index (χ1v) is 8.33. The Morgan fingerprint density at radius 2 is 1.52 bits per heavy atom. The van der Waals surface area contributed by atoms with Crippen molar-refractivity contribution >= 4 is 23.2 Å². The first kappa shape index (κ1) is 16.6. The Bertz CT molecular complexity index is 624. The fraction of sp³-hybridized carbons (Fsp3) is 0.474. The molecule has 0 fully saturated rings. The van der Waals surface area contributed by atoms with Crippen LogP contribution in [0.4, 0.5) is 0 Å². The van der Waals surface area contributed by atoms with E-state index in [9.17, 15) is 0 Å². The third-order valence-corrected chi connectivity index (χ3v) is 6.09. The van der Waals surface area contributed by atoms with E-state index < -0.39 is 0 Å². The van der Waals surface area contributed by atoms with Crippen LogP contribution >= 0.6 is 23.2 Å². The minimum Gasteiger partial charge on any atom is -0.116 e. The highest BCUT2D eigenvalue weighted by Crippen LogP contribution is 2.41. The van der Waals surface area contributed by atoms with Gasteiger partial charge in [0.1, 0.15) is 0 Å². The summed E-state index contributed by atoms with van der Waals surface area (Å²) in [6.45, 7) is 13.1. The van der Waals surface area contributed by atoms with Crippen molar-refractivity contribution < 1.29 is 0 Å². The molecule has 0 N–H and O–H groups in total. The quantitative estimate of drug-likeness (QED) is 0.472. The van der Waals surface area contributed by atoms with Crippen molar-refractivity contribution in [1.82, 2.24) is 0 Å². The van der Waals surface area contributed by atoms with Crippen LogP contribution in [0, 0.1) is 5.92 Å². The topological polar surface area (TPSA) is 0 Å². The molecule has 0 saturated heterocycles. The highest BCUT2D eigenvalue weighted by Gasteiger charge is 2.27. The Kier molecular flexibility index (Phi) is 4.90. The van der Waals surface area contributed by atoms with E-state index in [1.165, 1.54) is 33.4 Å². The molecule has 0 aromatic carbocycles. The molecule has 0 aromatic rings. The van der Waals surface area contributed by atoms with E-state index in [0.717, 1.165) is 17.0 Å². The molecule has 2 aliphatic carbocycles. The van der Waals surface area contributed by atoms with Crippen molar-refractivity contribution in [2.75, 3.05) is 0 Å². The summed E-state index contributed by atoms with van der Waals surface area (Å²) < 4.78 is 0. The fourth-order valence-electron chi connectivity index (χ4n) is 3.08. The van der Waals surface area contributed by atoms with Gasteiger partial charge < -0.3 is 0 Å². The van der Waals surface area contributed by atoms with Gasteiger partial charge in [0, 0.05) is 5.03 Å². The monoisotopic (exact) mass is 322 g/mol. The SMILES string of the molecule is CC1=C(C)C(C)=C(C2=C(Cl)C(Cl)C(C)C=C2)C(C)=C(C)C1. The predicted molar refractivity (Wildman–Crippen MR) is 94.9 cm³/mol. The van der Waals surface area contributed by atoms with Gasteiger partial charge in [-0.25, -0.2) is 0 Å². The van der Waals surface area contributed by atoms with Crippen molar-refractivity contribution in [2.24, 2.45) is 5.92 Å². The molecule has 2 unspecified atom stereocenters. The molecule has 0 aromatic heterocycles. The second-order valence-electron chi connectivity index (χ2n) is 6.37. The Morgan fingerprint density at radius 3 is 2.14 bits per heavy atom. The maximum Gasteiger partial charge on any atom is 0.0758 e. The van der Waals surface area contributed by atoms with E-state index in [1.54, 1.807) is 0 Å². The minimum absolute atomic E-state index is 0.131. The van der Waals surface area contributed by atoms with E-state index in [1.807, 2.05) is 0 Å². The summed E-state index contributed by atoms with van der Waals surface area (Å²) in [5, 5.41) is 0.647. The van der Waals surface area contributed by atoms with Crippen molar-refractivity contribution in [3.63, 3.8) is 0 Å². The summed E-state index contributed by atoms with van der Waals surface area (Å²) in [7, 11) is 0. The smallest absolute Gasteiger partial charge is 0.0758 e. The summed E-state index contributed by atoms with van der Waals surface area (Å²) in [4.78, 5) is 0. The predicted octanol–water partition coefficient (Wildman–Crippen LogP) is 6.69. The number of allylic oxidation sites excluding steroid dienone is 10. The maximum atomic E-state index is 6.60. The zero-order valence-electron chi connectivity index (χ0n) is 13.8. The Balaban J connectivity index is 2.71. The number of rotatable bonds is 1. The van der Waals surface area contributed by atoms with Gasteiger partial charge in [-0.05, 0) is 74.8 Å². The third-order valence-electron chi connectivity index (χ3n) is 4.92. The molecule has 2 atom stereocenters. The average molecular weight is 323 g/mol. The Labute approximate surface area is 138 Å². The summed E-state index contributed by atoms with van der Waals surface area (Å²) >= 11 is 13.1. The lowest BCUT2D eigenvalue weighted by Gasteiger charge is -2.25. The van der Waals surface area contributed by atoms with Crippen LogP contribution in [-0.4, -0.2) is 5.38 Å². The molecule has 2 heteroatoms. The van der Waals surface area contributed by atoms with E-state index in [2.05, 4.69) is 53.7 Å². The Hall–Kier alpha value is -0.720. The molecule has 0 saturated carbocycles. The number of hydrogen-bond donors (Lipinski definition) is 0. The highest BCUT2D eigenvalue weighted by atomic mass is 35.5. The third kappa shape index (κ3) is 2.94. The summed E-state index contributed by atoms with van der Waals surface area (Å²) in [5.74, 6) is 0.276. The largest absolute Gasteiger partial charge is 0.116 e. The molecule has 114 valence electrons. The fourth-order valence-corrected chi connectivity index (χ4v) is 3.63. The van der Waals surface area contributed by atoms with Gasteiger partial charge in [-0.2, -0.15) is 0 Å². The molecule has 2 aliphatic rings. The van der Waals surface area contributed by atoms with Crippen LogP contribution in [0.1, 0.15) is 48.0 Å². The van der Waals surface area contributed by atoms with E-state index >= 15 is 0 Å². The minimum atomic E-state index is -0.131. The van der Waals surface area contributed by atoms with Gasteiger partial charge in [-0.15, -0.1) is 11.6 Å². The van der Waals surface area contributed by atoms with Crippen molar-refractivity contribution in [2.45, 2.75) is 53.3 Å². The van der Waals surface area contributed by atoms with Crippen LogP contribution in [0.3, 0.4) is 0 Å². The second-order valence-corrected chi connectivity index (χ2v) is 7.25. The van der Waals surface area contributed by atoms with Gasteiger partial charge in [-0.1, -0.05) is 41.8 Å². The van der Waals surface area contributed by atoms with Gasteiger partial charge in [0.15, 0.2) is 0 Å². The molecule has 21 heavy (non-hydrogen) atoms. The first-order valence-electron chi connectivity index (χ1n) is 7.52. The second kappa shape index (κ2) is 6.18. The molecule has 0 nitrogen and oxygen atoms in total. The van der Waals surface area contributed by atoms with Crippen LogP contribution in [-0.2, 0) is 0 Å². The maximum absolute atomic E-state index is 6.60. The lowest BCUT2D eigenvalue weighted by molar-refractivity contribution is 0.731. The number of halogens is 2. The zero-order chi connectivity index (χ0) is 15.9. The number of alkyl halides is 1. The number of hydrogen-bond acceptors (Lipinski definition) is 0. The normalized spacial score (nSPS) is 27.8. The van der Waals surface area contributed by atoms with Crippen LogP contribution in [0.2, 0.25) is 0 Å². The van der Waals surface area contributed by atoms with Crippen molar-refractivity contribution in [1.29, 1.82) is 0 Å². The lowest BCUT2D eigenvalue weighted by atomic mass is 9.86. The summed E-state index contributed by atoms with van der Waals surface area (Å²) in [6, 6.07) is 0. The molecule has 0 radical (unpaired) electrons. The molecule has 2 rings (SSSR count). The van der Waals surface area contributed by atoms with E-state index in [4.69, 9.17) is 23.2 Å². The Morgan fingerprint density at radius 1 is 0.952 bits per heavy atom. The van der Waals surface area contributed by atoms with Gasteiger partial charge in [0.2, 0.25) is 0 Å². The van der Waals surface area contributed by atoms with Gasteiger partial charge in [-0.3, -0.25) is 0 Å². The highest BCUT2D eigenvalue weighted by molar-refractivity contribution is 6.38. The first-order chi connectivity index (χ1) is 9.75. The molecule has 0 heterocycles. The average Bonchev–Trinajstić information content (AvgIpc) is 2.51. The van der Waals surface area contributed by atoms with E-state index in [-0.39, 0.29) is 11.3 Å². The molecule has 0 amide bonds. The standard InChI is InChI=1S/C19H24Cl2/c1-10-7-8-16(19(21)18(10)20)17-14(5)12(3)9-11(2)13(4)15(17)6/h7-8,10,18H,9H2,1-6H3. The van der Waals surface area contributed by atoms with Crippen LogP contribution < -0.4 is 0 Å². The van der Waals surface area contributed by atoms with Gasteiger partial charge in [0.05, 0.1) is 5.38 Å². The lowest BCUT2D eigenvalue weighted by Crippen LogP contribution is -2.16. The molecule has 0 spiro atoms. The zero-order valence-corrected chi connectivity index (χ0v) is 15.3. The molecule has 0 bridgehead atoms. The van der Waals surface area contributed by atoms with E-state index in [0.29, 0.717) is 0 Å². The van der Waals surface area contributed by atoms with Crippen molar-refractivity contribution in [3.8, 4) is 0 Å². The molecular weight excluding hydrogens is 299 g/mol. The van der Waals surface area contributed by atoms with Crippen LogP contribution in [0.15, 0.2) is 56.2 Å². The molecular formula is C19H24Cl2. The van der Waals surface area contributed by atoms with Crippen LogP contribution in [0.25, 0.3) is 0 Å². The summed E-state index contributed by atoms with van der Waals surface area (Å²) in [6.07, 6.45) is 5.35. The van der Waals surface area contributed by atoms with Gasteiger partial charge >= 0.3 is 0 Å². The summed E-state index contributed by atoms with van der Waals surface area (Å²) in [5.41, 5.74) is 9.23. The molecule has 0 aliphatic heterocycles. The van der Waals surface area contributed by atoms with Crippen molar-refractivity contribution in [3.05, 3.63) is 56.2 Å².